The van der Waals surface area contributed by atoms with Crippen molar-refractivity contribution < 1.29 is 18.0 Å². The molecular weight excluding hydrogens is 409 g/mol. The fourth-order valence-electron chi connectivity index (χ4n) is 3.69. The van der Waals surface area contributed by atoms with Crippen LogP contribution in [0.15, 0.2) is 36.7 Å². The molecule has 1 saturated heterocycles. The van der Waals surface area contributed by atoms with Crippen LogP contribution in [-0.2, 0) is 6.18 Å². The lowest BCUT2D eigenvalue weighted by molar-refractivity contribution is -0.137. The number of aromatic nitrogens is 4. The van der Waals surface area contributed by atoms with Gasteiger partial charge in [0.25, 0.3) is 5.91 Å². The summed E-state index contributed by atoms with van der Waals surface area (Å²) >= 11 is 0. The van der Waals surface area contributed by atoms with E-state index < -0.39 is 11.7 Å². The Bertz CT molecular complexity index is 1130. The molecule has 1 amide bonds. The van der Waals surface area contributed by atoms with Crippen molar-refractivity contribution in [3.8, 4) is 12.3 Å². The standard InChI is InChI=1S/C21H19F3N6O/c1-2-9-25-20(31)14-5-7-17(26-11-14)29-10-3-4-15(12-29)19-28-27-18-8-6-16(13-30(18)19)21(22,23)24/h1,5-8,11,13,15H,3-4,9-10,12H2,(H,25,31). The number of piperidine rings is 1. The van der Waals surface area contributed by atoms with Gasteiger partial charge in [-0.2, -0.15) is 13.2 Å². The first-order valence-corrected chi connectivity index (χ1v) is 9.71. The van der Waals surface area contributed by atoms with E-state index in [-0.39, 0.29) is 18.4 Å². The van der Waals surface area contributed by atoms with Crippen molar-refractivity contribution in [2.24, 2.45) is 0 Å². The van der Waals surface area contributed by atoms with Gasteiger partial charge in [-0.1, -0.05) is 5.92 Å². The van der Waals surface area contributed by atoms with E-state index in [2.05, 4.69) is 26.4 Å². The summed E-state index contributed by atoms with van der Waals surface area (Å²) in [7, 11) is 0. The number of nitrogens with zero attached hydrogens (tertiary/aromatic N) is 5. The highest BCUT2D eigenvalue weighted by Gasteiger charge is 2.32. The Balaban J connectivity index is 1.54. The average Bonchev–Trinajstić information content (AvgIpc) is 3.20. The Morgan fingerprint density at radius 1 is 1.26 bits per heavy atom. The minimum Gasteiger partial charge on any atom is -0.356 e. The lowest BCUT2D eigenvalue weighted by Crippen LogP contribution is -2.35. The molecule has 4 heterocycles. The zero-order valence-electron chi connectivity index (χ0n) is 16.4. The number of carbonyl (C=O) groups excluding carboxylic acids is 1. The van der Waals surface area contributed by atoms with Crippen LogP contribution < -0.4 is 10.2 Å². The Labute approximate surface area is 176 Å². The number of hydrogen-bond donors (Lipinski definition) is 1. The monoisotopic (exact) mass is 428 g/mol. The van der Waals surface area contributed by atoms with Gasteiger partial charge in [-0.05, 0) is 37.1 Å². The Hall–Kier alpha value is -3.61. The predicted molar refractivity (Wildman–Crippen MR) is 108 cm³/mol. The maximum atomic E-state index is 13.1. The number of fused-ring (bicyclic) bond motifs is 1. The number of amides is 1. The molecule has 0 radical (unpaired) electrons. The van der Waals surface area contributed by atoms with Gasteiger partial charge in [0.2, 0.25) is 0 Å². The number of terminal acetylenes is 1. The molecular formula is C21H19F3N6O. The van der Waals surface area contributed by atoms with Crippen LogP contribution >= 0.6 is 0 Å². The smallest absolute Gasteiger partial charge is 0.356 e. The zero-order chi connectivity index (χ0) is 22.0. The Morgan fingerprint density at radius 2 is 2.10 bits per heavy atom. The van der Waals surface area contributed by atoms with Gasteiger partial charge in [-0.15, -0.1) is 16.6 Å². The minimum atomic E-state index is -4.44. The van der Waals surface area contributed by atoms with E-state index in [4.69, 9.17) is 6.42 Å². The second-order valence-electron chi connectivity index (χ2n) is 7.28. The number of pyridine rings is 2. The molecule has 0 aliphatic carbocycles. The first kappa shape index (κ1) is 20.7. The topological polar surface area (TPSA) is 75.4 Å². The Kier molecular flexibility index (Phi) is 5.50. The molecule has 3 aromatic heterocycles. The summed E-state index contributed by atoms with van der Waals surface area (Å²) in [6, 6.07) is 5.74. The van der Waals surface area contributed by atoms with Gasteiger partial charge in [-0.3, -0.25) is 9.20 Å². The van der Waals surface area contributed by atoms with E-state index in [1.165, 1.54) is 16.7 Å². The van der Waals surface area contributed by atoms with Gasteiger partial charge < -0.3 is 10.2 Å². The van der Waals surface area contributed by atoms with Gasteiger partial charge in [0.05, 0.1) is 17.7 Å². The maximum Gasteiger partial charge on any atom is 0.417 e. The fraction of sp³-hybridized carbons (Fsp3) is 0.333. The lowest BCUT2D eigenvalue weighted by atomic mass is 9.97. The molecule has 1 unspecified atom stereocenters. The van der Waals surface area contributed by atoms with Crippen LogP contribution in [0.3, 0.4) is 0 Å². The van der Waals surface area contributed by atoms with Crippen LogP contribution in [0.25, 0.3) is 5.65 Å². The molecule has 0 spiro atoms. The van der Waals surface area contributed by atoms with Crippen molar-refractivity contribution in [2.45, 2.75) is 24.9 Å². The van der Waals surface area contributed by atoms with Gasteiger partial charge in [-0.25, -0.2) is 4.98 Å². The highest BCUT2D eigenvalue weighted by Crippen LogP contribution is 2.32. The number of hydrogen-bond acceptors (Lipinski definition) is 5. The second kappa shape index (κ2) is 8.26. The van der Waals surface area contributed by atoms with E-state index >= 15 is 0 Å². The van der Waals surface area contributed by atoms with Crippen molar-refractivity contribution in [3.05, 3.63) is 53.6 Å². The minimum absolute atomic E-state index is 0.104. The first-order chi connectivity index (χ1) is 14.9. The van der Waals surface area contributed by atoms with Crippen LogP contribution in [-0.4, -0.2) is 45.1 Å². The number of nitrogens with one attached hydrogen (secondary N) is 1. The molecule has 160 valence electrons. The highest BCUT2D eigenvalue weighted by molar-refractivity contribution is 5.94. The molecule has 31 heavy (non-hydrogen) atoms. The van der Waals surface area contributed by atoms with Crippen LogP contribution in [0.2, 0.25) is 0 Å². The third-order valence-corrected chi connectivity index (χ3v) is 5.23. The molecule has 4 rings (SSSR count). The number of rotatable bonds is 4. The Morgan fingerprint density at radius 3 is 2.81 bits per heavy atom. The van der Waals surface area contributed by atoms with Crippen LogP contribution in [0.4, 0.5) is 19.0 Å². The summed E-state index contributed by atoms with van der Waals surface area (Å²) in [6.07, 6.45) is 4.83. The van der Waals surface area contributed by atoms with Crippen LogP contribution in [0.1, 0.15) is 40.5 Å². The van der Waals surface area contributed by atoms with E-state index in [1.54, 1.807) is 12.1 Å². The van der Waals surface area contributed by atoms with Crippen molar-refractivity contribution in [1.82, 2.24) is 24.9 Å². The normalized spacial score (nSPS) is 16.8. The fourth-order valence-corrected chi connectivity index (χ4v) is 3.69. The lowest BCUT2D eigenvalue weighted by Gasteiger charge is -2.32. The quantitative estimate of drug-likeness (QED) is 0.647. The van der Waals surface area contributed by atoms with E-state index in [9.17, 15) is 18.0 Å². The van der Waals surface area contributed by atoms with Crippen molar-refractivity contribution in [2.75, 3.05) is 24.5 Å². The number of alkyl halides is 3. The van der Waals surface area contributed by atoms with Gasteiger partial charge in [0, 0.05) is 31.4 Å². The summed E-state index contributed by atoms with van der Waals surface area (Å²) < 4.78 is 40.8. The molecule has 3 aromatic rings. The van der Waals surface area contributed by atoms with E-state index in [0.717, 1.165) is 31.6 Å². The van der Waals surface area contributed by atoms with Crippen molar-refractivity contribution >= 4 is 17.4 Å². The third kappa shape index (κ3) is 4.30. The number of anilines is 1. The van der Waals surface area contributed by atoms with Gasteiger partial charge >= 0.3 is 6.18 Å². The maximum absolute atomic E-state index is 13.1. The second-order valence-corrected chi connectivity index (χ2v) is 7.28. The SMILES string of the molecule is C#CCNC(=O)c1ccc(N2CCCC(c3nnc4ccc(C(F)(F)F)cn34)C2)nc1. The van der Waals surface area contributed by atoms with E-state index in [1.807, 2.05) is 4.90 Å². The molecule has 7 nitrogen and oxygen atoms in total. The molecule has 1 aliphatic rings. The molecule has 0 saturated carbocycles. The first-order valence-electron chi connectivity index (χ1n) is 9.71. The largest absolute Gasteiger partial charge is 0.417 e. The summed E-state index contributed by atoms with van der Waals surface area (Å²) in [5.74, 6) is 3.11. The average molecular weight is 428 g/mol. The number of carbonyl (C=O) groups is 1. The summed E-state index contributed by atoms with van der Waals surface area (Å²) in [4.78, 5) is 18.4. The molecule has 1 fully saturated rings. The highest BCUT2D eigenvalue weighted by atomic mass is 19.4. The van der Waals surface area contributed by atoms with Gasteiger partial charge in [0.15, 0.2) is 5.65 Å². The molecule has 0 aromatic carbocycles. The van der Waals surface area contributed by atoms with Crippen LogP contribution in [0, 0.1) is 12.3 Å². The number of halogens is 3. The van der Waals surface area contributed by atoms with Crippen molar-refractivity contribution in [1.29, 1.82) is 0 Å². The molecule has 1 aliphatic heterocycles. The molecule has 1 N–H and O–H groups in total. The summed E-state index contributed by atoms with van der Waals surface area (Å²) in [5.41, 5.74) is 0.0327. The van der Waals surface area contributed by atoms with Crippen LogP contribution in [0.5, 0.6) is 0 Å². The third-order valence-electron chi connectivity index (χ3n) is 5.23. The zero-order valence-corrected chi connectivity index (χ0v) is 16.4. The van der Waals surface area contributed by atoms with E-state index in [0.29, 0.717) is 29.4 Å². The summed E-state index contributed by atoms with van der Waals surface area (Å²) in [6.45, 7) is 1.42. The summed E-state index contributed by atoms with van der Waals surface area (Å²) in [5, 5.41) is 10.8. The van der Waals surface area contributed by atoms with Crippen molar-refractivity contribution in [3.63, 3.8) is 0 Å². The van der Waals surface area contributed by atoms with Gasteiger partial charge in [0.1, 0.15) is 11.6 Å². The molecule has 1 atom stereocenters. The predicted octanol–water partition coefficient (Wildman–Crippen LogP) is 2.89. The molecule has 10 heteroatoms. The molecule has 0 bridgehead atoms.